The molecule has 23 heavy (non-hydrogen) atoms. The molecule has 0 amide bonds. The molecule has 0 atom stereocenters. The number of likely N-dealkylation sites (tertiary alicyclic amines) is 1. The third-order valence-electron chi connectivity index (χ3n) is 4.39. The second kappa shape index (κ2) is 7.92. The Hall–Kier alpha value is -2.14. The fourth-order valence-electron chi connectivity index (χ4n) is 2.91. The average Bonchev–Trinajstić information content (AvgIpc) is 2.61. The van der Waals surface area contributed by atoms with Gasteiger partial charge in [0.2, 0.25) is 0 Å². The first-order valence-corrected chi connectivity index (χ1v) is 8.22. The van der Waals surface area contributed by atoms with Crippen molar-refractivity contribution in [3.63, 3.8) is 0 Å². The molecule has 0 bridgehead atoms. The lowest BCUT2D eigenvalue weighted by molar-refractivity contribution is 0.138. The summed E-state index contributed by atoms with van der Waals surface area (Å²) in [6.07, 6.45) is 7.08. The van der Waals surface area contributed by atoms with Gasteiger partial charge < -0.3 is 14.2 Å². The van der Waals surface area contributed by atoms with Crippen molar-refractivity contribution in [1.29, 1.82) is 0 Å². The number of nitrogens with zero attached hydrogens (tertiary/aromatic N) is 3. The van der Waals surface area contributed by atoms with Gasteiger partial charge in [0.15, 0.2) is 0 Å². The van der Waals surface area contributed by atoms with E-state index in [0.29, 0.717) is 5.92 Å². The van der Waals surface area contributed by atoms with Crippen molar-refractivity contribution < 1.29 is 4.74 Å². The van der Waals surface area contributed by atoms with Crippen LogP contribution in [0.25, 0.3) is 0 Å². The summed E-state index contributed by atoms with van der Waals surface area (Å²) >= 11 is 0. The predicted octanol–water partition coefficient (Wildman–Crippen LogP) is 2.03. The maximum absolute atomic E-state index is 11.6. The van der Waals surface area contributed by atoms with E-state index in [1.807, 2.05) is 30.3 Å². The van der Waals surface area contributed by atoms with E-state index in [4.69, 9.17) is 4.74 Å². The Bertz CT molecular complexity index is 649. The molecule has 1 aromatic heterocycles. The smallest absolute Gasteiger partial charge is 0.269 e. The summed E-state index contributed by atoms with van der Waals surface area (Å²) < 4.78 is 7.57. The molecule has 1 aliphatic heterocycles. The van der Waals surface area contributed by atoms with Gasteiger partial charge in [0.1, 0.15) is 5.75 Å². The van der Waals surface area contributed by atoms with Gasteiger partial charge in [-0.3, -0.25) is 9.78 Å². The van der Waals surface area contributed by atoms with Crippen LogP contribution >= 0.6 is 0 Å². The molecule has 1 fully saturated rings. The molecule has 2 heterocycles. The summed E-state index contributed by atoms with van der Waals surface area (Å²) in [6, 6.07) is 10.0. The van der Waals surface area contributed by atoms with Gasteiger partial charge in [0.25, 0.3) is 5.56 Å². The van der Waals surface area contributed by atoms with Crippen molar-refractivity contribution in [1.82, 2.24) is 14.5 Å². The van der Waals surface area contributed by atoms with Crippen LogP contribution in [-0.2, 0) is 6.54 Å². The monoisotopic (exact) mass is 313 g/mol. The van der Waals surface area contributed by atoms with Crippen LogP contribution in [0.2, 0.25) is 0 Å². The highest BCUT2D eigenvalue weighted by Crippen LogP contribution is 2.19. The van der Waals surface area contributed by atoms with Crippen molar-refractivity contribution in [3.05, 3.63) is 59.3 Å². The lowest BCUT2D eigenvalue weighted by Crippen LogP contribution is -2.38. The highest BCUT2D eigenvalue weighted by atomic mass is 16.5. The van der Waals surface area contributed by atoms with E-state index in [-0.39, 0.29) is 5.56 Å². The van der Waals surface area contributed by atoms with Crippen LogP contribution in [0.5, 0.6) is 5.75 Å². The van der Waals surface area contributed by atoms with E-state index in [1.165, 1.54) is 6.20 Å². The zero-order valence-electron chi connectivity index (χ0n) is 13.3. The van der Waals surface area contributed by atoms with E-state index in [9.17, 15) is 4.79 Å². The van der Waals surface area contributed by atoms with Gasteiger partial charge in [-0.05, 0) is 44.0 Å². The lowest BCUT2D eigenvalue weighted by atomic mass is 9.98. The Labute approximate surface area is 136 Å². The molecule has 0 saturated carbocycles. The van der Waals surface area contributed by atoms with Crippen molar-refractivity contribution in [2.75, 3.05) is 26.2 Å². The topological polar surface area (TPSA) is 47.4 Å². The van der Waals surface area contributed by atoms with Crippen LogP contribution < -0.4 is 10.3 Å². The molecule has 0 N–H and O–H groups in total. The number of benzene rings is 1. The largest absolute Gasteiger partial charge is 0.493 e. The SMILES string of the molecule is O=c1cnccn1CCN1CCC(COc2ccccc2)CC1. The molecule has 1 aromatic carbocycles. The van der Waals surface area contributed by atoms with E-state index >= 15 is 0 Å². The Morgan fingerprint density at radius 1 is 1.13 bits per heavy atom. The first kappa shape index (κ1) is 15.7. The number of piperidine rings is 1. The van der Waals surface area contributed by atoms with E-state index in [2.05, 4.69) is 9.88 Å². The number of para-hydroxylation sites is 1. The molecule has 122 valence electrons. The Morgan fingerprint density at radius 3 is 2.65 bits per heavy atom. The third-order valence-corrected chi connectivity index (χ3v) is 4.39. The minimum Gasteiger partial charge on any atom is -0.493 e. The van der Waals surface area contributed by atoms with Gasteiger partial charge in [-0.2, -0.15) is 0 Å². The molecule has 1 aliphatic rings. The lowest BCUT2D eigenvalue weighted by Gasteiger charge is -2.31. The van der Waals surface area contributed by atoms with Crippen LogP contribution in [0.15, 0.2) is 53.7 Å². The van der Waals surface area contributed by atoms with Crippen molar-refractivity contribution in [2.24, 2.45) is 5.92 Å². The van der Waals surface area contributed by atoms with Gasteiger partial charge in [-0.15, -0.1) is 0 Å². The number of rotatable bonds is 6. The maximum Gasteiger partial charge on any atom is 0.269 e. The fourth-order valence-corrected chi connectivity index (χ4v) is 2.91. The minimum absolute atomic E-state index is 0.0290. The predicted molar refractivity (Wildman–Crippen MR) is 89.6 cm³/mol. The van der Waals surface area contributed by atoms with Gasteiger partial charge in [0, 0.05) is 25.5 Å². The van der Waals surface area contributed by atoms with Crippen LogP contribution in [-0.4, -0.2) is 40.7 Å². The van der Waals surface area contributed by atoms with Crippen LogP contribution in [0.4, 0.5) is 0 Å². The van der Waals surface area contributed by atoms with E-state index in [0.717, 1.165) is 51.4 Å². The minimum atomic E-state index is -0.0290. The van der Waals surface area contributed by atoms with Crippen LogP contribution in [0.3, 0.4) is 0 Å². The molecular formula is C18H23N3O2. The first-order chi connectivity index (χ1) is 11.3. The highest BCUT2D eigenvalue weighted by molar-refractivity contribution is 5.20. The standard InChI is InChI=1S/C18H23N3O2/c22-18-14-19-8-11-21(18)13-12-20-9-6-16(7-10-20)15-23-17-4-2-1-3-5-17/h1-5,8,11,14,16H,6-7,9-10,12-13,15H2. The van der Waals surface area contributed by atoms with Crippen molar-refractivity contribution >= 4 is 0 Å². The second-order valence-corrected chi connectivity index (χ2v) is 6.02. The molecule has 0 aliphatic carbocycles. The molecule has 0 radical (unpaired) electrons. The van der Waals surface area contributed by atoms with Gasteiger partial charge in [-0.25, -0.2) is 0 Å². The van der Waals surface area contributed by atoms with Gasteiger partial charge in [0.05, 0.1) is 12.8 Å². The van der Waals surface area contributed by atoms with Crippen molar-refractivity contribution in [2.45, 2.75) is 19.4 Å². The first-order valence-electron chi connectivity index (χ1n) is 8.22. The fraction of sp³-hybridized carbons (Fsp3) is 0.444. The molecule has 5 heteroatoms. The second-order valence-electron chi connectivity index (χ2n) is 6.02. The average molecular weight is 313 g/mol. The molecule has 0 unspecified atom stereocenters. The normalized spacial score (nSPS) is 16.3. The third kappa shape index (κ3) is 4.66. The van der Waals surface area contributed by atoms with Gasteiger partial charge >= 0.3 is 0 Å². The van der Waals surface area contributed by atoms with E-state index in [1.54, 1.807) is 17.0 Å². The van der Waals surface area contributed by atoms with Crippen LogP contribution in [0, 0.1) is 5.92 Å². The molecule has 3 rings (SSSR count). The maximum atomic E-state index is 11.6. The Kier molecular flexibility index (Phi) is 5.42. The van der Waals surface area contributed by atoms with Crippen molar-refractivity contribution in [3.8, 4) is 5.75 Å². The molecule has 0 spiro atoms. The number of hydrogen-bond donors (Lipinski definition) is 0. The zero-order valence-corrected chi connectivity index (χ0v) is 13.3. The zero-order chi connectivity index (χ0) is 15.9. The quantitative estimate of drug-likeness (QED) is 0.819. The summed E-state index contributed by atoms with van der Waals surface area (Å²) in [5.41, 5.74) is -0.0290. The Balaban J connectivity index is 1.39. The molecule has 1 saturated heterocycles. The molecular weight excluding hydrogens is 290 g/mol. The number of ether oxygens (including phenoxy) is 1. The summed E-state index contributed by atoms with van der Waals surface area (Å²) in [6.45, 7) is 4.58. The molecule has 2 aromatic rings. The number of aromatic nitrogens is 2. The summed E-state index contributed by atoms with van der Waals surface area (Å²) in [5, 5.41) is 0. The molecule has 5 nitrogen and oxygen atoms in total. The summed E-state index contributed by atoms with van der Waals surface area (Å²) in [5.74, 6) is 1.57. The Morgan fingerprint density at radius 2 is 1.91 bits per heavy atom. The highest BCUT2D eigenvalue weighted by Gasteiger charge is 2.19. The summed E-state index contributed by atoms with van der Waals surface area (Å²) in [4.78, 5) is 17.9. The summed E-state index contributed by atoms with van der Waals surface area (Å²) in [7, 11) is 0. The van der Waals surface area contributed by atoms with Crippen LogP contribution in [0.1, 0.15) is 12.8 Å². The number of hydrogen-bond acceptors (Lipinski definition) is 4. The van der Waals surface area contributed by atoms with E-state index < -0.39 is 0 Å². The van der Waals surface area contributed by atoms with Gasteiger partial charge in [-0.1, -0.05) is 18.2 Å².